The zero-order valence-corrected chi connectivity index (χ0v) is 8.72. The summed E-state index contributed by atoms with van der Waals surface area (Å²) in [7, 11) is 0. The Bertz CT molecular complexity index is 242. The predicted octanol–water partition coefficient (Wildman–Crippen LogP) is 1.85. The van der Waals surface area contributed by atoms with Gasteiger partial charge in [0.2, 0.25) is 0 Å². The molecule has 1 unspecified atom stereocenters. The van der Waals surface area contributed by atoms with Crippen molar-refractivity contribution in [3.8, 4) is 0 Å². The summed E-state index contributed by atoms with van der Waals surface area (Å²) in [4.78, 5) is 7.33. The van der Waals surface area contributed by atoms with Gasteiger partial charge in [0.15, 0.2) is 0 Å². The standard InChI is InChI=1S/C10H19N3/c1-4-8(2)5-11-6-10-7-12-9(3)13-10/h7-8,11H,4-6H2,1-3H3,(H,12,13). The molecule has 0 aliphatic carbocycles. The quantitative estimate of drug-likeness (QED) is 0.728. The maximum atomic E-state index is 4.14. The Labute approximate surface area is 80.0 Å². The van der Waals surface area contributed by atoms with Gasteiger partial charge in [-0.2, -0.15) is 0 Å². The summed E-state index contributed by atoms with van der Waals surface area (Å²) in [5.41, 5.74) is 1.17. The van der Waals surface area contributed by atoms with Crippen molar-refractivity contribution < 1.29 is 0 Å². The molecule has 0 saturated carbocycles. The first kappa shape index (κ1) is 10.3. The lowest BCUT2D eigenvalue weighted by Crippen LogP contribution is -2.20. The van der Waals surface area contributed by atoms with Crippen molar-refractivity contribution in [2.45, 2.75) is 33.7 Å². The van der Waals surface area contributed by atoms with Gasteiger partial charge >= 0.3 is 0 Å². The van der Waals surface area contributed by atoms with E-state index in [2.05, 4.69) is 29.1 Å². The second kappa shape index (κ2) is 5.02. The van der Waals surface area contributed by atoms with Crippen LogP contribution in [0.2, 0.25) is 0 Å². The van der Waals surface area contributed by atoms with Gasteiger partial charge in [-0.05, 0) is 19.4 Å². The van der Waals surface area contributed by atoms with Crippen LogP contribution < -0.4 is 5.32 Å². The Balaban J connectivity index is 2.20. The number of imidazole rings is 1. The molecule has 0 saturated heterocycles. The van der Waals surface area contributed by atoms with Gasteiger partial charge in [-0.3, -0.25) is 0 Å². The van der Waals surface area contributed by atoms with Crippen LogP contribution >= 0.6 is 0 Å². The Morgan fingerprint density at radius 3 is 2.92 bits per heavy atom. The summed E-state index contributed by atoms with van der Waals surface area (Å²) < 4.78 is 0. The van der Waals surface area contributed by atoms with Crippen molar-refractivity contribution in [2.75, 3.05) is 6.54 Å². The number of aromatic amines is 1. The normalized spacial score (nSPS) is 13.2. The second-order valence-electron chi connectivity index (χ2n) is 3.64. The largest absolute Gasteiger partial charge is 0.345 e. The molecule has 0 bridgehead atoms. The van der Waals surface area contributed by atoms with E-state index in [0.29, 0.717) is 0 Å². The molecule has 2 N–H and O–H groups in total. The lowest BCUT2D eigenvalue weighted by Gasteiger charge is -2.08. The van der Waals surface area contributed by atoms with Gasteiger partial charge in [0.05, 0.1) is 0 Å². The van der Waals surface area contributed by atoms with E-state index in [1.54, 1.807) is 0 Å². The Hall–Kier alpha value is -0.830. The number of H-pyrrole nitrogens is 1. The van der Waals surface area contributed by atoms with Gasteiger partial charge in [0.25, 0.3) is 0 Å². The van der Waals surface area contributed by atoms with Crippen LogP contribution in [0, 0.1) is 12.8 Å². The predicted molar refractivity (Wildman–Crippen MR) is 54.5 cm³/mol. The van der Waals surface area contributed by atoms with E-state index < -0.39 is 0 Å². The topological polar surface area (TPSA) is 40.7 Å². The molecule has 0 radical (unpaired) electrons. The highest BCUT2D eigenvalue weighted by atomic mass is 15.0. The smallest absolute Gasteiger partial charge is 0.103 e. The second-order valence-corrected chi connectivity index (χ2v) is 3.64. The summed E-state index contributed by atoms with van der Waals surface area (Å²) >= 11 is 0. The van der Waals surface area contributed by atoms with Crippen LogP contribution in [0.25, 0.3) is 0 Å². The van der Waals surface area contributed by atoms with Crippen molar-refractivity contribution in [3.63, 3.8) is 0 Å². The van der Waals surface area contributed by atoms with E-state index in [9.17, 15) is 0 Å². The van der Waals surface area contributed by atoms with Gasteiger partial charge in [-0.25, -0.2) is 4.98 Å². The number of aromatic nitrogens is 2. The lowest BCUT2D eigenvalue weighted by atomic mass is 10.1. The van der Waals surface area contributed by atoms with Crippen molar-refractivity contribution in [1.82, 2.24) is 15.3 Å². The van der Waals surface area contributed by atoms with E-state index in [1.807, 2.05) is 13.1 Å². The number of hydrogen-bond donors (Lipinski definition) is 2. The average molecular weight is 181 g/mol. The van der Waals surface area contributed by atoms with Crippen LogP contribution in [0.5, 0.6) is 0 Å². The SMILES string of the molecule is CCC(C)CNCc1cnc(C)[nH]1. The monoisotopic (exact) mass is 181 g/mol. The molecule has 13 heavy (non-hydrogen) atoms. The third-order valence-corrected chi connectivity index (χ3v) is 2.26. The lowest BCUT2D eigenvalue weighted by molar-refractivity contribution is 0.498. The Morgan fingerprint density at radius 1 is 1.62 bits per heavy atom. The molecule has 0 fully saturated rings. The molecule has 0 spiro atoms. The van der Waals surface area contributed by atoms with Crippen molar-refractivity contribution in [2.24, 2.45) is 5.92 Å². The first-order valence-corrected chi connectivity index (χ1v) is 4.93. The third kappa shape index (κ3) is 3.59. The van der Waals surface area contributed by atoms with Crippen LogP contribution in [0.15, 0.2) is 6.20 Å². The molecule has 0 aromatic carbocycles. The number of hydrogen-bond acceptors (Lipinski definition) is 2. The molecule has 1 heterocycles. The molecule has 1 aromatic rings. The first-order valence-electron chi connectivity index (χ1n) is 4.93. The van der Waals surface area contributed by atoms with Gasteiger partial charge in [0.1, 0.15) is 5.82 Å². The molecular formula is C10H19N3. The Kier molecular flexibility index (Phi) is 3.96. The van der Waals surface area contributed by atoms with Crippen LogP contribution in [-0.4, -0.2) is 16.5 Å². The minimum atomic E-state index is 0.754. The molecular weight excluding hydrogens is 162 g/mol. The van der Waals surface area contributed by atoms with E-state index in [-0.39, 0.29) is 0 Å². The van der Waals surface area contributed by atoms with Crippen molar-refractivity contribution in [1.29, 1.82) is 0 Å². The summed E-state index contributed by atoms with van der Waals surface area (Å²) in [5.74, 6) is 1.74. The third-order valence-electron chi connectivity index (χ3n) is 2.26. The van der Waals surface area contributed by atoms with E-state index >= 15 is 0 Å². The molecule has 0 aliphatic heterocycles. The molecule has 1 atom stereocenters. The molecule has 3 nitrogen and oxygen atoms in total. The molecule has 0 amide bonds. The van der Waals surface area contributed by atoms with Crippen LogP contribution in [-0.2, 0) is 6.54 Å². The number of nitrogens with zero attached hydrogens (tertiary/aromatic N) is 1. The fraction of sp³-hybridized carbons (Fsp3) is 0.700. The van der Waals surface area contributed by atoms with Gasteiger partial charge in [-0.15, -0.1) is 0 Å². The van der Waals surface area contributed by atoms with E-state index in [1.165, 1.54) is 12.1 Å². The molecule has 74 valence electrons. The first-order chi connectivity index (χ1) is 6.22. The van der Waals surface area contributed by atoms with Gasteiger partial charge in [0, 0.05) is 18.4 Å². The molecule has 1 rings (SSSR count). The van der Waals surface area contributed by atoms with Crippen LogP contribution in [0.4, 0.5) is 0 Å². The highest BCUT2D eigenvalue weighted by Crippen LogP contribution is 1.99. The summed E-state index contributed by atoms with van der Waals surface area (Å²) in [6.07, 6.45) is 3.12. The summed E-state index contributed by atoms with van der Waals surface area (Å²) in [5, 5.41) is 3.39. The molecule has 3 heteroatoms. The van der Waals surface area contributed by atoms with E-state index in [4.69, 9.17) is 0 Å². The number of nitrogens with one attached hydrogen (secondary N) is 2. The van der Waals surface area contributed by atoms with Crippen molar-refractivity contribution in [3.05, 3.63) is 17.7 Å². The number of aryl methyl sites for hydroxylation is 1. The zero-order valence-electron chi connectivity index (χ0n) is 8.72. The van der Waals surface area contributed by atoms with E-state index in [0.717, 1.165) is 24.8 Å². The maximum absolute atomic E-state index is 4.14. The van der Waals surface area contributed by atoms with Crippen molar-refractivity contribution >= 4 is 0 Å². The highest BCUT2D eigenvalue weighted by molar-refractivity contribution is 4.99. The Morgan fingerprint density at radius 2 is 2.38 bits per heavy atom. The maximum Gasteiger partial charge on any atom is 0.103 e. The van der Waals surface area contributed by atoms with Gasteiger partial charge < -0.3 is 10.3 Å². The zero-order chi connectivity index (χ0) is 9.68. The molecule has 0 aliphatic rings. The summed E-state index contributed by atoms with van der Waals surface area (Å²) in [6, 6.07) is 0. The number of rotatable bonds is 5. The van der Waals surface area contributed by atoms with Crippen LogP contribution in [0.3, 0.4) is 0 Å². The molecule has 1 aromatic heterocycles. The van der Waals surface area contributed by atoms with Gasteiger partial charge in [-0.1, -0.05) is 20.3 Å². The fourth-order valence-electron chi connectivity index (χ4n) is 1.16. The minimum Gasteiger partial charge on any atom is -0.345 e. The minimum absolute atomic E-state index is 0.754. The fourth-order valence-corrected chi connectivity index (χ4v) is 1.16. The highest BCUT2D eigenvalue weighted by Gasteiger charge is 1.99. The van der Waals surface area contributed by atoms with Crippen LogP contribution in [0.1, 0.15) is 31.8 Å². The average Bonchev–Trinajstić information content (AvgIpc) is 2.51. The summed E-state index contributed by atoms with van der Waals surface area (Å²) in [6.45, 7) is 8.41.